The van der Waals surface area contributed by atoms with Crippen LogP contribution in [0.2, 0.25) is 0 Å². The molecule has 0 aromatic carbocycles. The number of amides is 1. The lowest BCUT2D eigenvalue weighted by Gasteiger charge is -2.23. The maximum atomic E-state index is 12.2. The van der Waals surface area contributed by atoms with Crippen molar-refractivity contribution in [3.8, 4) is 0 Å². The van der Waals surface area contributed by atoms with Crippen molar-refractivity contribution in [1.29, 1.82) is 0 Å². The number of nitrogens with two attached hydrogens (primary N) is 1. The molecule has 0 radical (unpaired) electrons. The monoisotopic (exact) mass is 290 g/mol. The molecule has 0 bridgehead atoms. The van der Waals surface area contributed by atoms with Gasteiger partial charge in [0.2, 0.25) is 5.91 Å². The molecule has 1 rings (SSSR count). The summed E-state index contributed by atoms with van der Waals surface area (Å²) in [6.45, 7) is 6.61. The zero-order valence-electron chi connectivity index (χ0n) is 12.7. The number of hydrogen-bond acceptors (Lipinski definition) is 2. The van der Waals surface area contributed by atoms with Crippen molar-refractivity contribution < 1.29 is 4.79 Å². The molecule has 1 aliphatic rings. The van der Waals surface area contributed by atoms with Crippen LogP contribution >= 0.6 is 12.4 Å². The molecule has 0 aromatic heterocycles. The molecule has 4 heteroatoms. The van der Waals surface area contributed by atoms with Gasteiger partial charge in [-0.2, -0.15) is 0 Å². The highest BCUT2D eigenvalue weighted by Crippen LogP contribution is 2.31. The molecule has 1 fully saturated rings. The van der Waals surface area contributed by atoms with Crippen molar-refractivity contribution in [2.45, 2.75) is 71.3 Å². The topological polar surface area (TPSA) is 55.1 Å². The van der Waals surface area contributed by atoms with Gasteiger partial charge >= 0.3 is 0 Å². The summed E-state index contributed by atoms with van der Waals surface area (Å²) in [6, 6.07) is 0. The average molecular weight is 291 g/mol. The predicted molar refractivity (Wildman–Crippen MR) is 83.5 cm³/mol. The lowest BCUT2D eigenvalue weighted by atomic mass is 9.89. The number of rotatable bonds is 7. The molecule has 1 saturated carbocycles. The molecule has 1 aliphatic carbocycles. The van der Waals surface area contributed by atoms with Gasteiger partial charge in [0, 0.05) is 18.0 Å². The van der Waals surface area contributed by atoms with E-state index in [4.69, 9.17) is 5.73 Å². The quantitative estimate of drug-likeness (QED) is 0.756. The highest BCUT2D eigenvalue weighted by Gasteiger charge is 2.25. The first-order valence-corrected chi connectivity index (χ1v) is 7.49. The van der Waals surface area contributed by atoms with Gasteiger partial charge in [0.05, 0.1) is 0 Å². The standard InChI is InChI=1S/C15H30N2O.ClH/c1-4-7-13(10-12-8-5-6-9-12)14(18)17-11-15(2,3)16;/h12-13H,4-11,16H2,1-3H3,(H,17,18);1H. The van der Waals surface area contributed by atoms with E-state index in [2.05, 4.69) is 12.2 Å². The van der Waals surface area contributed by atoms with Crippen LogP contribution in [0.3, 0.4) is 0 Å². The Labute approximate surface area is 124 Å². The fourth-order valence-electron chi connectivity index (χ4n) is 2.81. The van der Waals surface area contributed by atoms with Crippen LogP contribution in [0.1, 0.15) is 65.7 Å². The molecule has 1 amide bonds. The summed E-state index contributed by atoms with van der Waals surface area (Å²) < 4.78 is 0. The summed E-state index contributed by atoms with van der Waals surface area (Å²) in [7, 11) is 0. The van der Waals surface area contributed by atoms with Crippen molar-refractivity contribution >= 4 is 18.3 Å². The molecule has 0 heterocycles. The van der Waals surface area contributed by atoms with E-state index in [9.17, 15) is 4.79 Å². The number of hydrogen-bond donors (Lipinski definition) is 2. The Morgan fingerprint density at radius 1 is 1.37 bits per heavy atom. The maximum absolute atomic E-state index is 12.2. The van der Waals surface area contributed by atoms with Gasteiger partial charge in [-0.05, 0) is 32.6 Å². The van der Waals surface area contributed by atoms with Crippen LogP contribution in [0, 0.1) is 11.8 Å². The first-order valence-electron chi connectivity index (χ1n) is 7.49. The number of carbonyl (C=O) groups is 1. The molecular weight excluding hydrogens is 260 g/mol. The summed E-state index contributed by atoms with van der Waals surface area (Å²) in [5.41, 5.74) is 5.59. The van der Waals surface area contributed by atoms with E-state index < -0.39 is 0 Å². The summed E-state index contributed by atoms with van der Waals surface area (Å²) >= 11 is 0. The first kappa shape index (κ1) is 18.7. The van der Waals surface area contributed by atoms with E-state index in [1.165, 1.54) is 25.7 Å². The maximum Gasteiger partial charge on any atom is 0.223 e. The summed E-state index contributed by atoms with van der Waals surface area (Å²) in [5.74, 6) is 1.18. The van der Waals surface area contributed by atoms with Crippen LogP contribution in [0.25, 0.3) is 0 Å². The van der Waals surface area contributed by atoms with Crippen LogP contribution in [0.5, 0.6) is 0 Å². The molecule has 19 heavy (non-hydrogen) atoms. The average Bonchev–Trinajstić information content (AvgIpc) is 2.77. The lowest BCUT2D eigenvalue weighted by Crippen LogP contribution is -2.46. The third-order valence-electron chi connectivity index (χ3n) is 3.82. The second kappa shape index (κ2) is 8.80. The molecule has 0 saturated heterocycles. The Balaban J connectivity index is 0.00000324. The molecule has 0 aliphatic heterocycles. The van der Waals surface area contributed by atoms with Crippen LogP contribution in [-0.2, 0) is 4.79 Å². The summed E-state index contributed by atoms with van der Waals surface area (Å²) in [5, 5.41) is 3.02. The number of halogens is 1. The number of nitrogens with one attached hydrogen (secondary N) is 1. The molecule has 0 spiro atoms. The highest BCUT2D eigenvalue weighted by molar-refractivity contribution is 5.85. The Morgan fingerprint density at radius 2 is 1.95 bits per heavy atom. The number of carbonyl (C=O) groups excluding carboxylic acids is 1. The smallest absolute Gasteiger partial charge is 0.223 e. The molecule has 114 valence electrons. The van der Waals surface area contributed by atoms with E-state index in [1.807, 2.05) is 13.8 Å². The second-order valence-electron chi connectivity index (χ2n) is 6.58. The third kappa shape index (κ3) is 7.78. The fraction of sp³-hybridized carbons (Fsp3) is 0.933. The van der Waals surface area contributed by atoms with E-state index in [0.717, 1.165) is 25.2 Å². The SMILES string of the molecule is CCCC(CC1CCCC1)C(=O)NCC(C)(C)N.Cl. The molecule has 1 atom stereocenters. The summed E-state index contributed by atoms with van der Waals surface area (Å²) in [6.07, 6.45) is 8.49. The van der Waals surface area contributed by atoms with Gasteiger partial charge < -0.3 is 11.1 Å². The Bertz CT molecular complexity index is 257. The zero-order valence-corrected chi connectivity index (χ0v) is 13.5. The van der Waals surface area contributed by atoms with Crippen molar-refractivity contribution in [3.63, 3.8) is 0 Å². The lowest BCUT2D eigenvalue weighted by molar-refractivity contribution is -0.126. The van der Waals surface area contributed by atoms with E-state index in [-0.39, 0.29) is 29.8 Å². The zero-order chi connectivity index (χ0) is 13.6. The minimum Gasteiger partial charge on any atom is -0.354 e. The first-order chi connectivity index (χ1) is 8.42. The van der Waals surface area contributed by atoms with Crippen LogP contribution in [0.4, 0.5) is 0 Å². The molecule has 1 unspecified atom stereocenters. The van der Waals surface area contributed by atoms with Gasteiger partial charge in [-0.3, -0.25) is 4.79 Å². The fourth-order valence-corrected chi connectivity index (χ4v) is 2.81. The largest absolute Gasteiger partial charge is 0.354 e. The van der Waals surface area contributed by atoms with Crippen molar-refractivity contribution in [2.75, 3.05) is 6.54 Å². The van der Waals surface area contributed by atoms with E-state index in [1.54, 1.807) is 0 Å². The normalized spacial score (nSPS) is 17.9. The van der Waals surface area contributed by atoms with Gasteiger partial charge in [0.25, 0.3) is 0 Å². The Kier molecular flexibility index (Phi) is 8.67. The summed E-state index contributed by atoms with van der Waals surface area (Å²) in [4.78, 5) is 12.2. The van der Waals surface area contributed by atoms with Gasteiger partial charge in [-0.15, -0.1) is 12.4 Å². The minimum absolute atomic E-state index is 0. The Hall–Kier alpha value is -0.280. The van der Waals surface area contributed by atoms with E-state index >= 15 is 0 Å². The third-order valence-corrected chi connectivity index (χ3v) is 3.82. The van der Waals surface area contributed by atoms with Crippen LogP contribution < -0.4 is 11.1 Å². The van der Waals surface area contributed by atoms with Crippen molar-refractivity contribution in [3.05, 3.63) is 0 Å². The van der Waals surface area contributed by atoms with Gasteiger partial charge in [-0.1, -0.05) is 39.0 Å². The van der Waals surface area contributed by atoms with Gasteiger partial charge in [-0.25, -0.2) is 0 Å². The minimum atomic E-state index is -0.320. The Morgan fingerprint density at radius 3 is 2.42 bits per heavy atom. The van der Waals surface area contributed by atoms with Gasteiger partial charge in [0.1, 0.15) is 0 Å². The van der Waals surface area contributed by atoms with Crippen LogP contribution in [-0.4, -0.2) is 18.0 Å². The molecule has 3 nitrogen and oxygen atoms in total. The second-order valence-corrected chi connectivity index (χ2v) is 6.58. The molecular formula is C15H31ClN2O. The van der Waals surface area contributed by atoms with Gasteiger partial charge in [0.15, 0.2) is 0 Å². The van der Waals surface area contributed by atoms with Crippen molar-refractivity contribution in [1.82, 2.24) is 5.32 Å². The molecule has 3 N–H and O–H groups in total. The van der Waals surface area contributed by atoms with Crippen molar-refractivity contribution in [2.24, 2.45) is 17.6 Å². The predicted octanol–water partition coefficient (Wildman–Crippen LogP) is 3.26. The van der Waals surface area contributed by atoms with E-state index in [0.29, 0.717) is 6.54 Å². The van der Waals surface area contributed by atoms with Crippen LogP contribution in [0.15, 0.2) is 0 Å². The highest BCUT2D eigenvalue weighted by atomic mass is 35.5. The molecule has 0 aromatic rings.